The third kappa shape index (κ3) is 4.03. The van der Waals surface area contributed by atoms with Gasteiger partial charge in [-0.2, -0.15) is 11.8 Å². The van der Waals surface area contributed by atoms with Gasteiger partial charge in [0.2, 0.25) is 5.91 Å². The van der Waals surface area contributed by atoms with E-state index in [2.05, 4.69) is 10.6 Å². The van der Waals surface area contributed by atoms with Crippen molar-refractivity contribution in [3.05, 3.63) is 30.3 Å². The first-order valence-electron chi connectivity index (χ1n) is 6.45. The number of nitrogens with one attached hydrogen (secondary N) is 2. The number of rotatable bonds is 4. The van der Waals surface area contributed by atoms with Crippen molar-refractivity contribution in [2.24, 2.45) is 0 Å². The van der Waals surface area contributed by atoms with E-state index in [-0.39, 0.29) is 11.9 Å². The SMILES string of the molecule is C[C@H](N[C@@H]1CCCSC1)C(=O)Nc1ccccc1. The van der Waals surface area contributed by atoms with Gasteiger partial charge in [-0.3, -0.25) is 4.79 Å². The average Bonchev–Trinajstić information content (AvgIpc) is 2.41. The maximum atomic E-state index is 12.0. The third-order valence-corrected chi connectivity index (χ3v) is 4.30. The van der Waals surface area contributed by atoms with Gasteiger partial charge in [-0.25, -0.2) is 0 Å². The Labute approximate surface area is 113 Å². The highest BCUT2D eigenvalue weighted by Gasteiger charge is 2.19. The summed E-state index contributed by atoms with van der Waals surface area (Å²) in [6.45, 7) is 1.93. The number of carbonyl (C=O) groups is 1. The monoisotopic (exact) mass is 264 g/mol. The minimum atomic E-state index is -0.145. The lowest BCUT2D eigenvalue weighted by molar-refractivity contribution is -0.117. The molecule has 3 nitrogen and oxygen atoms in total. The number of anilines is 1. The Morgan fingerprint density at radius 2 is 2.17 bits per heavy atom. The fraction of sp³-hybridized carbons (Fsp3) is 0.500. The number of para-hydroxylation sites is 1. The number of hydrogen-bond acceptors (Lipinski definition) is 3. The maximum Gasteiger partial charge on any atom is 0.241 e. The summed E-state index contributed by atoms with van der Waals surface area (Å²) in [6, 6.07) is 9.92. The van der Waals surface area contributed by atoms with Crippen LogP contribution in [0.5, 0.6) is 0 Å². The van der Waals surface area contributed by atoms with E-state index < -0.39 is 0 Å². The molecule has 1 fully saturated rings. The molecular weight excluding hydrogens is 244 g/mol. The van der Waals surface area contributed by atoms with Crippen molar-refractivity contribution in [1.29, 1.82) is 0 Å². The molecule has 1 saturated heterocycles. The lowest BCUT2D eigenvalue weighted by Gasteiger charge is -2.25. The van der Waals surface area contributed by atoms with Crippen molar-refractivity contribution in [2.45, 2.75) is 31.8 Å². The van der Waals surface area contributed by atoms with E-state index in [0.29, 0.717) is 6.04 Å². The number of amides is 1. The van der Waals surface area contributed by atoms with Crippen LogP contribution in [0.1, 0.15) is 19.8 Å². The van der Waals surface area contributed by atoms with Gasteiger partial charge >= 0.3 is 0 Å². The van der Waals surface area contributed by atoms with Gasteiger partial charge in [0, 0.05) is 17.5 Å². The van der Waals surface area contributed by atoms with Crippen molar-refractivity contribution in [3.63, 3.8) is 0 Å². The summed E-state index contributed by atoms with van der Waals surface area (Å²) in [6.07, 6.45) is 2.42. The molecule has 18 heavy (non-hydrogen) atoms. The van der Waals surface area contributed by atoms with Gasteiger partial charge in [-0.1, -0.05) is 18.2 Å². The van der Waals surface area contributed by atoms with Crippen LogP contribution in [-0.4, -0.2) is 29.5 Å². The van der Waals surface area contributed by atoms with Gasteiger partial charge in [0.25, 0.3) is 0 Å². The molecule has 1 aromatic rings. The molecule has 2 rings (SSSR count). The average molecular weight is 264 g/mol. The molecule has 0 aliphatic carbocycles. The zero-order valence-electron chi connectivity index (χ0n) is 10.7. The quantitative estimate of drug-likeness (QED) is 0.878. The van der Waals surface area contributed by atoms with Gasteiger partial charge in [0.15, 0.2) is 0 Å². The topological polar surface area (TPSA) is 41.1 Å². The number of thioether (sulfide) groups is 1. The Kier molecular flexibility index (Phi) is 5.08. The fourth-order valence-electron chi connectivity index (χ4n) is 2.07. The van der Waals surface area contributed by atoms with E-state index in [1.165, 1.54) is 18.6 Å². The summed E-state index contributed by atoms with van der Waals surface area (Å²) in [5, 5.41) is 6.33. The van der Waals surface area contributed by atoms with Gasteiger partial charge in [0.1, 0.15) is 0 Å². The Bertz CT molecular complexity index is 377. The van der Waals surface area contributed by atoms with E-state index in [1.807, 2.05) is 49.0 Å². The summed E-state index contributed by atoms with van der Waals surface area (Å²) in [5.41, 5.74) is 0.856. The van der Waals surface area contributed by atoms with Crippen molar-refractivity contribution >= 4 is 23.4 Å². The smallest absolute Gasteiger partial charge is 0.241 e. The molecule has 2 atom stereocenters. The Morgan fingerprint density at radius 1 is 1.39 bits per heavy atom. The standard InChI is InChI=1S/C14H20N2OS/c1-11(15-13-8-5-9-18-10-13)14(17)16-12-6-3-2-4-7-12/h2-4,6-7,11,13,15H,5,8-10H2,1H3,(H,16,17)/t11-,13+/m0/s1. The van der Waals surface area contributed by atoms with Crippen LogP contribution in [-0.2, 0) is 4.79 Å². The highest BCUT2D eigenvalue weighted by atomic mass is 32.2. The first kappa shape index (κ1) is 13.4. The molecule has 1 aliphatic rings. The predicted octanol–water partition coefficient (Wildman–Crippen LogP) is 2.50. The highest BCUT2D eigenvalue weighted by molar-refractivity contribution is 7.99. The van der Waals surface area contributed by atoms with Crippen LogP contribution in [0.25, 0.3) is 0 Å². The number of hydrogen-bond donors (Lipinski definition) is 2. The van der Waals surface area contributed by atoms with Gasteiger partial charge in [-0.05, 0) is 37.7 Å². The molecule has 0 bridgehead atoms. The molecule has 0 radical (unpaired) electrons. The Balaban J connectivity index is 1.81. The van der Waals surface area contributed by atoms with Crippen LogP contribution >= 0.6 is 11.8 Å². The highest BCUT2D eigenvalue weighted by Crippen LogP contribution is 2.17. The Hall–Kier alpha value is -1.00. The number of carbonyl (C=O) groups excluding carboxylic acids is 1. The second-order valence-corrected chi connectivity index (χ2v) is 5.81. The zero-order chi connectivity index (χ0) is 12.8. The summed E-state index contributed by atoms with van der Waals surface area (Å²) in [7, 11) is 0. The lowest BCUT2D eigenvalue weighted by atomic mass is 10.1. The molecule has 0 spiro atoms. The lowest BCUT2D eigenvalue weighted by Crippen LogP contribution is -2.45. The largest absolute Gasteiger partial charge is 0.325 e. The minimum Gasteiger partial charge on any atom is -0.325 e. The summed E-state index contributed by atoms with van der Waals surface area (Å²) in [5.74, 6) is 2.41. The predicted molar refractivity (Wildman–Crippen MR) is 78.0 cm³/mol. The second kappa shape index (κ2) is 6.81. The molecule has 1 amide bonds. The van der Waals surface area contributed by atoms with Gasteiger partial charge in [0.05, 0.1) is 6.04 Å². The zero-order valence-corrected chi connectivity index (χ0v) is 11.5. The normalized spacial score (nSPS) is 21.3. The fourth-order valence-corrected chi connectivity index (χ4v) is 3.16. The molecule has 0 saturated carbocycles. The van der Waals surface area contributed by atoms with Crippen LogP contribution in [0.15, 0.2) is 30.3 Å². The summed E-state index contributed by atoms with van der Waals surface area (Å²) in [4.78, 5) is 12.0. The van der Waals surface area contributed by atoms with Crippen molar-refractivity contribution in [1.82, 2.24) is 5.32 Å². The van der Waals surface area contributed by atoms with E-state index in [1.54, 1.807) is 0 Å². The molecule has 1 aliphatic heterocycles. The molecule has 1 heterocycles. The van der Waals surface area contributed by atoms with E-state index in [0.717, 1.165) is 11.4 Å². The first-order chi connectivity index (χ1) is 8.75. The molecular formula is C14H20N2OS. The van der Waals surface area contributed by atoms with Crippen LogP contribution in [0.4, 0.5) is 5.69 Å². The van der Waals surface area contributed by atoms with Crippen molar-refractivity contribution in [2.75, 3.05) is 16.8 Å². The molecule has 0 unspecified atom stereocenters. The van der Waals surface area contributed by atoms with E-state index >= 15 is 0 Å². The molecule has 0 aromatic heterocycles. The van der Waals surface area contributed by atoms with Crippen molar-refractivity contribution in [3.8, 4) is 0 Å². The van der Waals surface area contributed by atoms with Crippen molar-refractivity contribution < 1.29 is 4.79 Å². The summed E-state index contributed by atoms with van der Waals surface area (Å²) < 4.78 is 0. The van der Waals surface area contributed by atoms with Crippen LogP contribution in [0.3, 0.4) is 0 Å². The third-order valence-electron chi connectivity index (χ3n) is 3.08. The minimum absolute atomic E-state index is 0.0387. The maximum absolute atomic E-state index is 12.0. The van der Waals surface area contributed by atoms with Gasteiger partial charge in [-0.15, -0.1) is 0 Å². The van der Waals surface area contributed by atoms with Crippen LogP contribution in [0.2, 0.25) is 0 Å². The summed E-state index contributed by atoms with van der Waals surface area (Å²) >= 11 is 1.97. The second-order valence-electron chi connectivity index (χ2n) is 4.66. The Morgan fingerprint density at radius 3 is 2.83 bits per heavy atom. The van der Waals surface area contributed by atoms with Gasteiger partial charge < -0.3 is 10.6 Å². The first-order valence-corrected chi connectivity index (χ1v) is 7.61. The number of benzene rings is 1. The van der Waals surface area contributed by atoms with E-state index in [9.17, 15) is 4.79 Å². The van der Waals surface area contributed by atoms with Crippen LogP contribution in [0, 0.1) is 0 Å². The van der Waals surface area contributed by atoms with Crippen LogP contribution < -0.4 is 10.6 Å². The molecule has 2 N–H and O–H groups in total. The molecule has 98 valence electrons. The van der Waals surface area contributed by atoms with E-state index in [4.69, 9.17) is 0 Å². The molecule has 1 aromatic carbocycles. The molecule has 4 heteroatoms.